The smallest absolute Gasteiger partial charge is 0.241 e. The zero-order valence-electron chi connectivity index (χ0n) is 18.6. The van der Waals surface area contributed by atoms with Crippen LogP contribution in [0.1, 0.15) is 30.9 Å². The van der Waals surface area contributed by atoms with E-state index in [2.05, 4.69) is 27.7 Å². The highest BCUT2D eigenvalue weighted by atomic mass is 16.5. The second kappa shape index (κ2) is 13.2. The van der Waals surface area contributed by atoms with Gasteiger partial charge in [-0.3, -0.25) is 9.69 Å². The Morgan fingerprint density at radius 2 is 2.07 bits per heavy atom. The second-order valence-corrected chi connectivity index (χ2v) is 7.73. The van der Waals surface area contributed by atoms with E-state index in [-0.39, 0.29) is 18.6 Å². The average Bonchev–Trinajstić information content (AvgIpc) is 3.14. The minimum Gasteiger partial charge on any atom is -0.392 e. The maximum atomic E-state index is 11.9. The normalized spacial score (nSPS) is 17.2. The summed E-state index contributed by atoms with van der Waals surface area (Å²) in [6.45, 7) is 7.26. The van der Waals surface area contributed by atoms with Crippen LogP contribution in [0.2, 0.25) is 0 Å². The van der Waals surface area contributed by atoms with Crippen LogP contribution in [-0.4, -0.2) is 86.4 Å². The van der Waals surface area contributed by atoms with Gasteiger partial charge in [0.25, 0.3) is 0 Å². The van der Waals surface area contributed by atoms with Gasteiger partial charge in [0.05, 0.1) is 19.2 Å². The number of benzene rings is 1. The molecule has 30 heavy (non-hydrogen) atoms. The predicted molar refractivity (Wildman–Crippen MR) is 119 cm³/mol. The van der Waals surface area contributed by atoms with Crippen molar-refractivity contribution in [1.82, 2.24) is 20.4 Å². The number of guanidine groups is 1. The Balaban J connectivity index is 1.99. The van der Waals surface area contributed by atoms with E-state index in [1.54, 1.807) is 19.0 Å². The molecule has 2 rings (SSSR count). The third-order valence-electron chi connectivity index (χ3n) is 5.04. The summed E-state index contributed by atoms with van der Waals surface area (Å²) in [5.74, 6) is 0.611. The molecule has 0 bridgehead atoms. The van der Waals surface area contributed by atoms with Crippen LogP contribution in [0.4, 0.5) is 0 Å². The molecule has 0 radical (unpaired) electrons. The number of amides is 1. The molecule has 1 aliphatic heterocycles. The number of ether oxygens (including phenoxy) is 1. The van der Waals surface area contributed by atoms with Gasteiger partial charge in [0.15, 0.2) is 5.96 Å². The highest BCUT2D eigenvalue weighted by Gasteiger charge is 2.20. The molecule has 8 nitrogen and oxygen atoms in total. The van der Waals surface area contributed by atoms with E-state index in [4.69, 9.17) is 9.73 Å². The van der Waals surface area contributed by atoms with Crippen molar-refractivity contribution in [2.24, 2.45) is 4.99 Å². The summed E-state index contributed by atoms with van der Waals surface area (Å²) in [5.41, 5.74) is 2.36. The van der Waals surface area contributed by atoms with Gasteiger partial charge < -0.3 is 25.4 Å². The zero-order chi connectivity index (χ0) is 21.8. The molecule has 0 spiro atoms. The van der Waals surface area contributed by atoms with E-state index in [0.717, 1.165) is 44.6 Å². The number of likely N-dealkylation sites (tertiary alicyclic amines) is 1. The van der Waals surface area contributed by atoms with Gasteiger partial charge in [0, 0.05) is 53.5 Å². The first-order valence-corrected chi connectivity index (χ1v) is 10.8. The van der Waals surface area contributed by atoms with Crippen molar-refractivity contribution in [1.29, 1.82) is 0 Å². The molecule has 1 unspecified atom stereocenters. The molecule has 168 valence electrons. The Morgan fingerprint density at radius 1 is 1.30 bits per heavy atom. The third-order valence-corrected chi connectivity index (χ3v) is 5.04. The summed E-state index contributed by atoms with van der Waals surface area (Å²) in [4.78, 5) is 20.5. The molecule has 1 aliphatic rings. The van der Waals surface area contributed by atoms with E-state index in [1.165, 1.54) is 5.56 Å². The highest BCUT2D eigenvalue weighted by Crippen LogP contribution is 2.17. The van der Waals surface area contributed by atoms with Gasteiger partial charge in [0.1, 0.15) is 0 Å². The van der Waals surface area contributed by atoms with Gasteiger partial charge >= 0.3 is 0 Å². The predicted octanol–water partition coefficient (Wildman–Crippen LogP) is 0.803. The Bertz CT molecular complexity index is 680. The standard InChI is InChI=1S/C22H37N5O3/c1-4-30-13-7-11-23-22(25-15-21(29)26(2)3)24-14-18-8-5-6-9-19(18)16-27-12-10-20(28)17-27/h5-6,8-9,20,28H,4,7,10-17H2,1-3H3,(H2,23,24,25). The lowest BCUT2D eigenvalue weighted by Crippen LogP contribution is -2.43. The van der Waals surface area contributed by atoms with Gasteiger partial charge in [-0.2, -0.15) is 0 Å². The van der Waals surface area contributed by atoms with Crippen LogP contribution in [0.25, 0.3) is 0 Å². The van der Waals surface area contributed by atoms with Crippen LogP contribution < -0.4 is 10.6 Å². The first-order chi connectivity index (χ1) is 14.5. The molecule has 8 heteroatoms. The Labute approximate surface area is 180 Å². The number of aliphatic hydroxyl groups excluding tert-OH is 1. The first kappa shape index (κ1) is 24.1. The number of likely N-dealkylation sites (N-methyl/N-ethyl adjacent to an activating group) is 1. The fourth-order valence-corrected chi connectivity index (χ4v) is 3.24. The molecule has 0 saturated carbocycles. The van der Waals surface area contributed by atoms with Crippen LogP contribution in [-0.2, 0) is 22.6 Å². The SMILES string of the molecule is CCOCCCNC(=NCc1ccccc1CN1CCC(O)C1)NCC(=O)N(C)C. The number of hydrogen-bond donors (Lipinski definition) is 3. The van der Waals surface area contributed by atoms with Crippen molar-refractivity contribution in [2.75, 3.05) is 53.5 Å². The van der Waals surface area contributed by atoms with Crippen LogP contribution >= 0.6 is 0 Å². The Hall–Kier alpha value is -2.16. The zero-order valence-corrected chi connectivity index (χ0v) is 18.6. The molecule has 1 amide bonds. The van der Waals surface area contributed by atoms with Crippen molar-refractivity contribution < 1.29 is 14.6 Å². The molecule has 1 atom stereocenters. The van der Waals surface area contributed by atoms with Crippen molar-refractivity contribution >= 4 is 11.9 Å². The molecule has 3 N–H and O–H groups in total. The average molecular weight is 420 g/mol. The molecule has 0 aliphatic carbocycles. The molecule has 1 aromatic carbocycles. The lowest BCUT2D eigenvalue weighted by Gasteiger charge is -2.18. The lowest BCUT2D eigenvalue weighted by atomic mass is 10.1. The largest absolute Gasteiger partial charge is 0.392 e. The molecule has 1 saturated heterocycles. The summed E-state index contributed by atoms with van der Waals surface area (Å²) >= 11 is 0. The van der Waals surface area contributed by atoms with E-state index >= 15 is 0 Å². The first-order valence-electron chi connectivity index (χ1n) is 10.8. The van der Waals surface area contributed by atoms with Crippen molar-refractivity contribution in [2.45, 2.75) is 39.0 Å². The van der Waals surface area contributed by atoms with Crippen LogP contribution in [0.3, 0.4) is 0 Å². The number of hydrogen-bond acceptors (Lipinski definition) is 5. The number of rotatable bonds is 11. The van der Waals surface area contributed by atoms with Crippen molar-refractivity contribution in [3.05, 3.63) is 35.4 Å². The van der Waals surface area contributed by atoms with Crippen LogP contribution in [0, 0.1) is 0 Å². The third kappa shape index (κ3) is 8.69. The van der Waals surface area contributed by atoms with Gasteiger partial charge in [-0.05, 0) is 30.9 Å². The quantitative estimate of drug-likeness (QED) is 0.279. The molecular weight excluding hydrogens is 382 g/mol. The van der Waals surface area contributed by atoms with E-state index in [0.29, 0.717) is 25.7 Å². The number of nitrogens with one attached hydrogen (secondary N) is 2. The van der Waals surface area contributed by atoms with Gasteiger partial charge in [-0.25, -0.2) is 4.99 Å². The molecular formula is C22H37N5O3. The summed E-state index contributed by atoms with van der Waals surface area (Å²) < 4.78 is 5.38. The summed E-state index contributed by atoms with van der Waals surface area (Å²) in [5, 5.41) is 16.2. The summed E-state index contributed by atoms with van der Waals surface area (Å²) in [7, 11) is 3.48. The fraction of sp³-hybridized carbons (Fsp3) is 0.636. The number of carbonyl (C=O) groups is 1. The van der Waals surface area contributed by atoms with Gasteiger partial charge in [-0.1, -0.05) is 24.3 Å². The van der Waals surface area contributed by atoms with Crippen LogP contribution in [0.15, 0.2) is 29.3 Å². The van der Waals surface area contributed by atoms with E-state index < -0.39 is 0 Å². The molecule has 1 fully saturated rings. The lowest BCUT2D eigenvalue weighted by molar-refractivity contribution is -0.127. The Morgan fingerprint density at radius 3 is 2.73 bits per heavy atom. The number of nitrogens with zero attached hydrogens (tertiary/aromatic N) is 3. The summed E-state index contributed by atoms with van der Waals surface area (Å²) in [6.07, 6.45) is 1.48. The Kier molecular flexibility index (Phi) is 10.6. The fourth-order valence-electron chi connectivity index (χ4n) is 3.24. The van der Waals surface area contributed by atoms with Gasteiger partial charge in [-0.15, -0.1) is 0 Å². The number of aliphatic imine (C=N–C) groups is 1. The monoisotopic (exact) mass is 419 g/mol. The van der Waals surface area contributed by atoms with Crippen molar-refractivity contribution in [3.63, 3.8) is 0 Å². The van der Waals surface area contributed by atoms with Gasteiger partial charge in [0.2, 0.25) is 5.91 Å². The number of β-amino-alcohol motifs (C(OH)–C–C–N with tert-alkyl or cyclic N) is 1. The second-order valence-electron chi connectivity index (χ2n) is 7.73. The molecule has 1 aromatic rings. The van der Waals surface area contributed by atoms with Crippen LogP contribution in [0.5, 0.6) is 0 Å². The van der Waals surface area contributed by atoms with Crippen molar-refractivity contribution in [3.8, 4) is 0 Å². The minimum atomic E-state index is -0.221. The molecule has 0 aromatic heterocycles. The number of aliphatic hydroxyl groups is 1. The maximum Gasteiger partial charge on any atom is 0.241 e. The number of carbonyl (C=O) groups excluding carboxylic acids is 1. The summed E-state index contributed by atoms with van der Waals surface area (Å²) in [6, 6.07) is 8.26. The highest BCUT2D eigenvalue weighted by molar-refractivity contribution is 5.86. The van der Waals surface area contributed by atoms with E-state index in [1.807, 2.05) is 19.1 Å². The maximum absolute atomic E-state index is 11.9. The topological polar surface area (TPSA) is 89.4 Å². The minimum absolute atomic E-state index is 0.00759. The molecule has 1 heterocycles. The van der Waals surface area contributed by atoms with E-state index in [9.17, 15) is 9.90 Å².